The molecule has 8 nitrogen and oxygen atoms in total. The van der Waals surface area contributed by atoms with Gasteiger partial charge in [0.1, 0.15) is 11.0 Å². The highest BCUT2D eigenvalue weighted by Crippen LogP contribution is 2.34. The van der Waals surface area contributed by atoms with Crippen molar-refractivity contribution < 1.29 is 0 Å². The minimum atomic E-state index is 0.591. The van der Waals surface area contributed by atoms with Crippen molar-refractivity contribution in [2.75, 3.05) is 5.73 Å². The zero-order valence-electron chi connectivity index (χ0n) is 16.4. The molecule has 0 saturated heterocycles. The van der Waals surface area contributed by atoms with E-state index in [1.807, 2.05) is 24.4 Å². The zero-order valence-corrected chi connectivity index (χ0v) is 17.2. The minimum Gasteiger partial charge on any atom is -0.397 e. The maximum Gasteiger partial charge on any atom is 0.161 e. The molecule has 0 aliphatic heterocycles. The summed E-state index contributed by atoms with van der Waals surface area (Å²) < 4.78 is 0. The molecule has 9 heteroatoms. The lowest BCUT2D eigenvalue weighted by molar-refractivity contribution is 1.10. The molecule has 6 rings (SSSR count). The van der Waals surface area contributed by atoms with Crippen molar-refractivity contribution in [1.82, 2.24) is 35.1 Å². The first kappa shape index (κ1) is 17.7. The fraction of sp³-hybridized carbons (Fsp3) is 0.0455. The van der Waals surface area contributed by atoms with Crippen molar-refractivity contribution >= 4 is 39.1 Å². The number of thiophene rings is 1. The molecule has 0 saturated carbocycles. The number of nitrogens with one attached hydrogen (secondary N) is 2. The number of imidazole rings is 1. The Kier molecular flexibility index (Phi) is 3.84. The third-order valence-corrected chi connectivity index (χ3v) is 6.12. The van der Waals surface area contributed by atoms with Gasteiger partial charge in [0.25, 0.3) is 0 Å². The molecule has 6 aromatic rings. The van der Waals surface area contributed by atoms with Crippen molar-refractivity contribution in [2.45, 2.75) is 6.92 Å². The largest absolute Gasteiger partial charge is 0.397 e. The maximum atomic E-state index is 5.89. The van der Waals surface area contributed by atoms with E-state index in [1.54, 1.807) is 29.9 Å². The average Bonchev–Trinajstić information content (AvgIpc) is 3.50. The van der Waals surface area contributed by atoms with Gasteiger partial charge in [-0.1, -0.05) is 0 Å². The highest BCUT2D eigenvalue weighted by molar-refractivity contribution is 7.15. The Morgan fingerprint density at radius 2 is 1.81 bits per heavy atom. The van der Waals surface area contributed by atoms with Crippen molar-refractivity contribution in [3.05, 3.63) is 60.0 Å². The summed E-state index contributed by atoms with van der Waals surface area (Å²) >= 11 is 1.72. The van der Waals surface area contributed by atoms with Crippen LogP contribution in [0.2, 0.25) is 0 Å². The molecule has 6 heterocycles. The van der Waals surface area contributed by atoms with Crippen molar-refractivity contribution in [1.29, 1.82) is 0 Å². The zero-order chi connectivity index (χ0) is 20.9. The summed E-state index contributed by atoms with van der Waals surface area (Å²) in [5.74, 6) is 0.638. The fourth-order valence-electron chi connectivity index (χ4n) is 3.63. The lowest BCUT2D eigenvalue weighted by atomic mass is 10.1. The molecular weight excluding hydrogens is 408 g/mol. The Morgan fingerprint density at radius 3 is 2.65 bits per heavy atom. The van der Waals surface area contributed by atoms with Crippen LogP contribution in [0, 0.1) is 6.92 Å². The van der Waals surface area contributed by atoms with E-state index >= 15 is 0 Å². The number of aryl methyl sites for hydroxylation is 1. The average molecular weight is 424 g/mol. The number of hydrogen-bond donors (Lipinski definition) is 3. The van der Waals surface area contributed by atoms with Gasteiger partial charge in [0.2, 0.25) is 0 Å². The van der Waals surface area contributed by atoms with Crippen LogP contribution in [-0.4, -0.2) is 35.1 Å². The Hall–Kier alpha value is -4.11. The fourth-order valence-corrected chi connectivity index (χ4v) is 4.51. The van der Waals surface area contributed by atoms with E-state index < -0.39 is 0 Å². The molecule has 31 heavy (non-hydrogen) atoms. The highest BCUT2D eigenvalue weighted by Gasteiger charge is 2.17. The van der Waals surface area contributed by atoms with Crippen LogP contribution in [-0.2, 0) is 0 Å². The van der Waals surface area contributed by atoms with E-state index in [4.69, 9.17) is 15.7 Å². The molecule has 0 atom stereocenters. The van der Waals surface area contributed by atoms with E-state index in [2.05, 4.69) is 44.2 Å². The van der Waals surface area contributed by atoms with Crippen LogP contribution in [0.3, 0.4) is 0 Å². The van der Waals surface area contributed by atoms with Gasteiger partial charge in [-0.2, -0.15) is 5.10 Å². The van der Waals surface area contributed by atoms with Gasteiger partial charge < -0.3 is 10.7 Å². The summed E-state index contributed by atoms with van der Waals surface area (Å²) in [5, 5.41) is 7.52. The first-order chi connectivity index (χ1) is 15.2. The van der Waals surface area contributed by atoms with Crippen LogP contribution in [0.25, 0.3) is 55.3 Å². The van der Waals surface area contributed by atoms with Crippen LogP contribution >= 0.6 is 11.3 Å². The predicted octanol–water partition coefficient (Wildman–Crippen LogP) is 4.58. The molecule has 0 aromatic carbocycles. The molecule has 0 unspecified atom stereocenters. The van der Waals surface area contributed by atoms with Crippen LogP contribution in [0.15, 0.2) is 55.1 Å². The number of nitrogen functional groups attached to an aromatic ring is 1. The third kappa shape index (κ3) is 2.94. The van der Waals surface area contributed by atoms with Gasteiger partial charge in [-0.15, -0.1) is 11.3 Å². The quantitative estimate of drug-likeness (QED) is 0.382. The second kappa shape index (κ2) is 6.71. The van der Waals surface area contributed by atoms with Gasteiger partial charge in [-0.25, -0.2) is 9.97 Å². The highest BCUT2D eigenvalue weighted by atomic mass is 32.1. The summed E-state index contributed by atoms with van der Waals surface area (Å²) in [6.07, 6.45) is 6.98. The number of nitrogens with zero attached hydrogens (tertiary/aromatic N) is 5. The predicted molar refractivity (Wildman–Crippen MR) is 122 cm³/mol. The second-order valence-electron chi connectivity index (χ2n) is 7.25. The minimum absolute atomic E-state index is 0.591. The van der Waals surface area contributed by atoms with Gasteiger partial charge in [-0.3, -0.25) is 15.1 Å². The maximum absolute atomic E-state index is 5.89. The van der Waals surface area contributed by atoms with Gasteiger partial charge in [0, 0.05) is 39.5 Å². The van der Waals surface area contributed by atoms with Crippen molar-refractivity contribution in [2.24, 2.45) is 0 Å². The molecule has 0 bridgehead atoms. The number of aromatic amines is 2. The number of pyridine rings is 3. The Balaban J connectivity index is 1.51. The monoisotopic (exact) mass is 424 g/mol. The van der Waals surface area contributed by atoms with Crippen LogP contribution in [0.4, 0.5) is 5.69 Å². The molecule has 0 radical (unpaired) electrons. The van der Waals surface area contributed by atoms with E-state index in [-0.39, 0.29) is 0 Å². The smallest absolute Gasteiger partial charge is 0.161 e. The molecule has 0 amide bonds. The molecule has 0 aliphatic carbocycles. The van der Waals surface area contributed by atoms with Crippen LogP contribution in [0.1, 0.15) is 4.88 Å². The van der Waals surface area contributed by atoms with Gasteiger partial charge in [0.15, 0.2) is 11.5 Å². The topological polar surface area (TPSA) is 122 Å². The number of rotatable bonds is 3. The number of H-pyrrole nitrogens is 2. The molecule has 150 valence electrons. The first-order valence-electron chi connectivity index (χ1n) is 9.62. The van der Waals surface area contributed by atoms with Crippen molar-refractivity contribution in [3.8, 4) is 33.2 Å². The number of fused-ring (bicyclic) bond motifs is 2. The van der Waals surface area contributed by atoms with E-state index in [9.17, 15) is 0 Å². The Bertz CT molecular complexity index is 1580. The number of hydrogen-bond acceptors (Lipinski definition) is 7. The lowest BCUT2D eigenvalue weighted by Crippen LogP contribution is -1.90. The molecule has 4 N–H and O–H groups in total. The second-order valence-corrected chi connectivity index (χ2v) is 8.54. The molecule has 0 aliphatic rings. The van der Waals surface area contributed by atoms with E-state index in [0.29, 0.717) is 17.2 Å². The number of aromatic nitrogens is 7. The standard InChI is InChI=1S/C22H16N8S/c1-11-2-5-18(31-11)14-9-25-10-17-19(14)28-22(27-17)21-20-16(29-30-21)4-3-15(26-20)12-6-13(23)8-24-7-12/h2-10H,23H2,1H3,(H,27,28)(H,29,30). The SMILES string of the molecule is Cc1ccc(-c2cncc3[nH]c(-c4n[nH]c5ccc(-c6cncc(N)c6)nc45)nc23)s1. The van der Waals surface area contributed by atoms with Crippen LogP contribution in [0.5, 0.6) is 0 Å². The Morgan fingerprint density at radius 1 is 0.903 bits per heavy atom. The molecule has 6 aromatic heterocycles. The summed E-state index contributed by atoms with van der Waals surface area (Å²) in [6.45, 7) is 2.09. The lowest BCUT2D eigenvalue weighted by Gasteiger charge is -2.02. The van der Waals surface area contributed by atoms with E-state index in [0.717, 1.165) is 43.8 Å². The first-order valence-corrected chi connectivity index (χ1v) is 10.4. The van der Waals surface area contributed by atoms with Gasteiger partial charge in [0.05, 0.1) is 28.6 Å². The van der Waals surface area contributed by atoms with Crippen molar-refractivity contribution in [3.63, 3.8) is 0 Å². The van der Waals surface area contributed by atoms with Gasteiger partial charge in [-0.05, 0) is 37.3 Å². The Labute approximate surface area is 180 Å². The summed E-state index contributed by atoms with van der Waals surface area (Å²) in [4.78, 5) is 24.0. The molecule has 0 fully saturated rings. The molecular formula is C22H16N8S. The summed E-state index contributed by atoms with van der Waals surface area (Å²) in [7, 11) is 0. The normalized spacial score (nSPS) is 11.5. The van der Waals surface area contributed by atoms with E-state index in [1.165, 1.54) is 4.88 Å². The molecule has 0 spiro atoms. The van der Waals surface area contributed by atoms with Gasteiger partial charge >= 0.3 is 0 Å². The third-order valence-electron chi connectivity index (χ3n) is 5.09. The summed E-state index contributed by atoms with van der Waals surface area (Å²) in [5.41, 5.74) is 13.0. The number of anilines is 1. The number of nitrogens with two attached hydrogens (primary N) is 1. The summed E-state index contributed by atoms with van der Waals surface area (Å²) in [6, 6.07) is 9.91. The van der Waals surface area contributed by atoms with Crippen LogP contribution < -0.4 is 5.73 Å².